The molecule has 2 N–H and O–H groups in total. The second kappa shape index (κ2) is 6.48. The van der Waals surface area contributed by atoms with Crippen LogP contribution in [0.3, 0.4) is 0 Å². The predicted molar refractivity (Wildman–Crippen MR) is 101 cm³/mol. The average molecular weight is 387 g/mol. The second-order valence-electron chi connectivity index (χ2n) is 5.72. The molecule has 0 aliphatic heterocycles. The molecular weight excluding hydrogens is 375 g/mol. The fourth-order valence-corrected chi connectivity index (χ4v) is 2.90. The van der Waals surface area contributed by atoms with E-state index in [4.69, 9.17) is 27.6 Å². The lowest BCUT2D eigenvalue weighted by Crippen LogP contribution is -2.10. The minimum atomic E-state index is -0.410. The number of aromatic amines is 1. The number of aromatic nitrogens is 3. The van der Waals surface area contributed by atoms with Crippen molar-refractivity contribution in [1.82, 2.24) is 15.0 Å². The quantitative estimate of drug-likeness (QED) is 0.513. The number of halogens is 2. The number of rotatable bonds is 3. The summed E-state index contributed by atoms with van der Waals surface area (Å²) in [5.41, 5.74) is 3.64. The Morgan fingerprint density at radius 2 is 2.04 bits per heavy atom. The van der Waals surface area contributed by atoms with E-state index in [-0.39, 0.29) is 11.0 Å². The Bertz CT molecular complexity index is 1130. The van der Waals surface area contributed by atoms with E-state index in [0.29, 0.717) is 27.7 Å². The van der Waals surface area contributed by atoms with Crippen LogP contribution in [0.5, 0.6) is 0 Å². The number of amides is 1. The number of fused-ring (bicyclic) bond motifs is 1. The second-order valence-corrected chi connectivity index (χ2v) is 6.50. The van der Waals surface area contributed by atoms with Crippen LogP contribution in [0.25, 0.3) is 22.6 Å². The summed E-state index contributed by atoms with van der Waals surface area (Å²) >= 11 is 12.0. The van der Waals surface area contributed by atoms with Crippen LogP contribution >= 0.6 is 23.2 Å². The Labute approximate surface area is 158 Å². The molecule has 3 heterocycles. The zero-order valence-electron chi connectivity index (χ0n) is 13.5. The fourth-order valence-electron chi connectivity index (χ4n) is 2.55. The smallest absolute Gasteiger partial charge is 0.291 e. The van der Waals surface area contributed by atoms with Crippen LogP contribution in [0.4, 0.5) is 5.69 Å². The summed E-state index contributed by atoms with van der Waals surface area (Å²) in [6, 6.07) is 10.1. The molecule has 8 heteroatoms. The van der Waals surface area contributed by atoms with Crippen LogP contribution in [0.2, 0.25) is 10.2 Å². The molecule has 130 valence electrons. The van der Waals surface area contributed by atoms with Gasteiger partial charge in [0.15, 0.2) is 16.6 Å². The molecule has 0 saturated carbocycles. The molecule has 0 atom stereocenters. The van der Waals surface area contributed by atoms with Gasteiger partial charge in [0.05, 0.1) is 10.5 Å². The van der Waals surface area contributed by atoms with Crippen molar-refractivity contribution in [3.63, 3.8) is 0 Å². The largest absolute Gasteiger partial charge is 0.440 e. The molecule has 3 aromatic heterocycles. The normalized spacial score (nSPS) is 11.0. The first-order chi connectivity index (χ1) is 12.5. The van der Waals surface area contributed by atoms with Crippen molar-refractivity contribution in [2.75, 3.05) is 5.32 Å². The van der Waals surface area contributed by atoms with Crippen molar-refractivity contribution >= 4 is 46.0 Å². The first-order valence-electron chi connectivity index (χ1n) is 7.68. The number of anilines is 1. The van der Waals surface area contributed by atoms with Crippen LogP contribution in [-0.2, 0) is 0 Å². The third kappa shape index (κ3) is 3.16. The summed E-state index contributed by atoms with van der Waals surface area (Å²) in [5.74, 6) is 0.280. The van der Waals surface area contributed by atoms with Gasteiger partial charge in [-0.15, -0.1) is 0 Å². The molecule has 1 aromatic carbocycles. The molecule has 0 radical (unpaired) electrons. The zero-order valence-corrected chi connectivity index (χ0v) is 15.0. The van der Waals surface area contributed by atoms with Crippen molar-refractivity contribution in [3.05, 3.63) is 64.2 Å². The summed E-state index contributed by atoms with van der Waals surface area (Å²) in [6.07, 6.45) is 1.75. The van der Waals surface area contributed by atoms with Crippen molar-refractivity contribution < 1.29 is 9.21 Å². The Morgan fingerprint density at radius 1 is 1.19 bits per heavy atom. The molecule has 1 amide bonds. The number of carbonyl (C=O) groups is 1. The summed E-state index contributed by atoms with van der Waals surface area (Å²) < 4.78 is 5.11. The van der Waals surface area contributed by atoms with E-state index in [0.717, 1.165) is 11.1 Å². The van der Waals surface area contributed by atoms with Gasteiger partial charge in [-0.25, -0.2) is 9.97 Å². The third-order valence-electron chi connectivity index (χ3n) is 3.75. The molecule has 0 aliphatic rings. The van der Waals surface area contributed by atoms with E-state index in [9.17, 15) is 4.79 Å². The van der Waals surface area contributed by atoms with E-state index in [1.165, 1.54) is 12.1 Å². The van der Waals surface area contributed by atoms with Gasteiger partial charge in [0.2, 0.25) is 0 Å². The molecule has 0 fully saturated rings. The maximum Gasteiger partial charge on any atom is 0.291 e. The minimum absolute atomic E-state index is 0.120. The molecule has 6 nitrogen and oxygen atoms in total. The number of pyridine rings is 1. The number of hydrogen-bond donors (Lipinski definition) is 2. The zero-order chi connectivity index (χ0) is 18.3. The first-order valence-corrected chi connectivity index (χ1v) is 8.44. The van der Waals surface area contributed by atoms with Crippen LogP contribution in [-0.4, -0.2) is 20.9 Å². The van der Waals surface area contributed by atoms with Crippen LogP contribution in [0.1, 0.15) is 16.1 Å². The summed E-state index contributed by atoms with van der Waals surface area (Å²) in [4.78, 5) is 24.2. The van der Waals surface area contributed by atoms with Gasteiger partial charge in [-0.3, -0.25) is 4.79 Å². The number of hydrogen-bond acceptors (Lipinski definition) is 4. The fraction of sp³-hybridized carbons (Fsp3) is 0.0556. The highest BCUT2D eigenvalue weighted by Gasteiger charge is 2.14. The van der Waals surface area contributed by atoms with Crippen LogP contribution in [0.15, 0.2) is 47.0 Å². The van der Waals surface area contributed by atoms with Crippen molar-refractivity contribution in [3.8, 4) is 11.4 Å². The van der Waals surface area contributed by atoms with Gasteiger partial charge in [-0.05, 0) is 60.5 Å². The molecule has 4 aromatic rings. The van der Waals surface area contributed by atoms with Crippen molar-refractivity contribution in [2.24, 2.45) is 0 Å². The first kappa shape index (κ1) is 16.6. The standard InChI is InChI=1S/C18H12Cl2N4O2/c1-9-6-13-17(21-8-9)24-16(23-13)11-7-10(2-3-12(11)19)22-18(25)14-4-5-15(20)26-14/h2-8H,1H3,(H,22,25)(H,21,23,24). The molecular formula is C18H12Cl2N4O2. The maximum absolute atomic E-state index is 12.2. The number of aryl methyl sites for hydroxylation is 1. The van der Waals surface area contributed by atoms with Crippen LogP contribution in [0, 0.1) is 6.92 Å². The summed E-state index contributed by atoms with van der Waals surface area (Å²) in [7, 11) is 0. The monoisotopic (exact) mass is 386 g/mol. The number of furan rings is 1. The lowest BCUT2D eigenvalue weighted by molar-refractivity contribution is 0.0997. The van der Waals surface area contributed by atoms with E-state index in [1.807, 2.05) is 13.0 Å². The molecule has 0 saturated heterocycles. The molecule has 0 bridgehead atoms. The topological polar surface area (TPSA) is 83.8 Å². The van der Waals surface area contributed by atoms with E-state index < -0.39 is 5.91 Å². The molecule has 26 heavy (non-hydrogen) atoms. The van der Waals surface area contributed by atoms with Gasteiger partial charge in [0.1, 0.15) is 5.82 Å². The molecule has 0 spiro atoms. The average Bonchev–Trinajstić information content (AvgIpc) is 3.22. The molecule has 0 unspecified atom stereocenters. The highest BCUT2D eigenvalue weighted by molar-refractivity contribution is 6.33. The maximum atomic E-state index is 12.2. The van der Waals surface area contributed by atoms with E-state index in [1.54, 1.807) is 24.4 Å². The Balaban J connectivity index is 1.68. The number of nitrogens with one attached hydrogen (secondary N) is 2. The highest BCUT2D eigenvalue weighted by Crippen LogP contribution is 2.30. The van der Waals surface area contributed by atoms with Gasteiger partial charge >= 0.3 is 0 Å². The number of imidazole rings is 1. The third-order valence-corrected chi connectivity index (χ3v) is 4.28. The molecule has 0 aliphatic carbocycles. The summed E-state index contributed by atoms with van der Waals surface area (Å²) in [6.45, 7) is 1.96. The van der Waals surface area contributed by atoms with Gasteiger partial charge in [-0.2, -0.15) is 0 Å². The Kier molecular flexibility index (Phi) is 4.14. The van der Waals surface area contributed by atoms with Gasteiger partial charge in [0, 0.05) is 17.4 Å². The summed E-state index contributed by atoms with van der Waals surface area (Å²) in [5, 5.41) is 3.39. The van der Waals surface area contributed by atoms with Gasteiger partial charge < -0.3 is 14.7 Å². The number of benzene rings is 1. The van der Waals surface area contributed by atoms with Crippen LogP contribution < -0.4 is 5.32 Å². The predicted octanol–water partition coefficient (Wildman–Crippen LogP) is 5.09. The Morgan fingerprint density at radius 3 is 2.81 bits per heavy atom. The lowest BCUT2D eigenvalue weighted by atomic mass is 10.2. The van der Waals surface area contributed by atoms with Crippen molar-refractivity contribution in [1.29, 1.82) is 0 Å². The minimum Gasteiger partial charge on any atom is -0.440 e. The van der Waals surface area contributed by atoms with E-state index >= 15 is 0 Å². The molecule has 4 rings (SSSR count). The lowest BCUT2D eigenvalue weighted by Gasteiger charge is -2.07. The van der Waals surface area contributed by atoms with Gasteiger partial charge in [-0.1, -0.05) is 11.6 Å². The number of carbonyl (C=O) groups excluding carboxylic acids is 1. The highest BCUT2D eigenvalue weighted by atomic mass is 35.5. The van der Waals surface area contributed by atoms with Gasteiger partial charge in [0.25, 0.3) is 5.91 Å². The van der Waals surface area contributed by atoms with E-state index in [2.05, 4.69) is 20.3 Å². The SMILES string of the molecule is Cc1cnc2nc(-c3cc(NC(=O)c4ccc(Cl)o4)ccc3Cl)[nH]c2c1. The van der Waals surface area contributed by atoms with Crippen molar-refractivity contribution in [2.45, 2.75) is 6.92 Å². The number of nitrogens with zero attached hydrogens (tertiary/aromatic N) is 2. The Hall–Kier alpha value is -2.83. The number of H-pyrrole nitrogens is 1.